The fraction of sp³-hybridized carbons (Fsp3) is 0.333. The van der Waals surface area contributed by atoms with Crippen molar-refractivity contribution in [2.75, 3.05) is 31.7 Å². The van der Waals surface area contributed by atoms with Crippen LogP contribution in [0.15, 0.2) is 36.4 Å². The number of benzene rings is 1. The van der Waals surface area contributed by atoms with Crippen molar-refractivity contribution in [1.29, 1.82) is 0 Å². The Hall–Kier alpha value is -2.65. The molecule has 0 fully saturated rings. The highest BCUT2D eigenvalue weighted by Gasteiger charge is 2.39. The van der Waals surface area contributed by atoms with Crippen LogP contribution in [-0.2, 0) is 10.9 Å². The van der Waals surface area contributed by atoms with Crippen LogP contribution in [0.1, 0.15) is 11.4 Å². The summed E-state index contributed by atoms with van der Waals surface area (Å²) in [4.78, 5) is 4.30. The Morgan fingerprint density at radius 1 is 1.19 bits per heavy atom. The van der Waals surface area contributed by atoms with Gasteiger partial charge in [0.2, 0.25) is 0 Å². The third-order valence-electron chi connectivity index (χ3n) is 3.84. The van der Waals surface area contributed by atoms with Gasteiger partial charge in [0.15, 0.2) is 11.3 Å². The van der Waals surface area contributed by atoms with E-state index in [-0.39, 0.29) is 24.4 Å². The number of rotatable bonds is 7. The second-order valence-corrected chi connectivity index (χ2v) is 5.87. The van der Waals surface area contributed by atoms with E-state index in [2.05, 4.69) is 15.4 Å². The normalized spacial score (nSPS) is 11.9. The molecule has 2 N–H and O–H groups in total. The first-order valence-corrected chi connectivity index (χ1v) is 8.37. The van der Waals surface area contributed by atoms with Gasteiger partial charge in [-0.1, -0.05) is 30.3 Å². The van der Waals surface area contributed by atoms with Crippen LogP contribution in [0.3, 0.4) is 0 Å². The van der Waals surface area contributed by atoms with Crippen molar-refractivity contribution in [2.45, 2.75) is 13.1 Å². The number of aromatic nitrogens is 3. The molecular weight excluding hydrogens is 361 g/mol. The third-order valence-corrected chi connectivity index (χ3v) is 3.84. The van der Waals surface area contributed by atoms with Gasteiger partial charge in [0.25, 0.3) is 0 Å². The Labute approximate surface area is 153 Å². The zero-order chi connectivity index (χ0) is 19.4. The van der Waals surface area contributed by atoms with Gasteiger partial charge in [-0.25, -0.2) is 4.98 Å². The van der Waals surface area contributed by atoms with E-state index in [1.54, 1.807) is 43.3 Å². The maximum absolute atomic E-state index is 13.6. The molecule has 0 amide bonds. The molecule has 0 unspecified atom stereocenters. The third kappa shape index (κ3) is 4.20. The molecule has 1 aromatic carbocycles. The van der Waals surface area contributed by atoms with Gasteiger partial charge in [0.1, 0.15) is 5.82 Å². The number of fused-ring (bicyclic) bond motifs is 1. The first-order chi connectivity index (χ1) is 12.9. The molecular formula is C18H19F3N4O2. The van der Waals surface area contributed by atoms with Crippen molar-refractivity contribution in [3.63, 3.8) is 0 Å². The number of anilines is 1. The number of aryl methyl sites for hydroxylation is 1. The predicted octanol–water partition coefficient (Wildman–Crippen LogP) is 3.14. The molecule has 0 aliphatic carbocycles. The molecule has 6 nitrogen and oxygen atoms in total. The second-order valence-electron chi connectivity index (χ2n) is 5.87. The number of alkyl halides is 3. The minimum atomic E-state index is -4.62. The quantitative estimate of drug-likeness (QED) is 0.616. The summed E-state index contributed by atoms with van der Waals surface area (Å²) in [5.41, 5.74) is 0.0623. The summed E-state index contributed by atoms with van der Waals surface area (Å²) >= 11 is 0. The Kier molecular flexibility index (Phi) is 5.62. The maximum atomic E-state index is 13.6. The summed E-state index contributed by atoms with van der Waals surface area (Å²) in [6.07, 6.45) is -4.62. The van der Waals surface area contributed by atoms with Crippen molar-refractivity contribution in [1.82, 2.24) is 14.6 Å². The zero-order valence-corrected chi connectivity index (χ0v) is 14.6. The molecule has 3 rings (SSSR count). The van der Waals surface area contributed by atoms with Gasteiger partial charge < -0.3 is 15.2 Å². The molecule has 0 saturated carbocycles. The Bertz CT molecular complexity index is 910. The van der Waals surface area contributed by atoms with E-state index in [9.17, 15) is 13.2 Å². The van der Waals surface area contributed by atoms with E-state index in [4.69, 9.17) is 9.84 Å². The monoisotopic (exact) mass is 380 g/mol. The molecule has 27 heavy (non-hydrogen) atoms. The molecule has 0 spiro atoms. The number of hydrogen-bond acceptors (Lipinski definition) is 5. The predicted molar refractivity (Wildman–Crippen MR) is 94.6 cm³/mol. The molecule has 2 heterocycles. The number of halogens is 3. The first kappa shape index (κ1) is 19.1. The SMILES string of the molecule is Cc1cc(NCCOCCO)n2nc(C(F)(F)F)c(-c3ccccc3)c2n1. The molecule has 0 aliphatic rings. The van der Waals surface area contributed by atoms with Crippen LogP contribution in [0.25, 0.3) is 16.8 Å². The van der Waals surface area contributed by atoms with E-state index in [0.717, 1.165) is 0 Å². The molecule has 0 atom stereocenters. The average molecular weight is 380 g/mol. The highest BCUT2D eigenvalue weighted by Crippen LogP contribution is 2.39. The van der Waals surface area contributed by atoms with E-state index in [1.807, 2.05) is 0 Å². The fourth-order valence-electron chi connectivity index (χ4n) is 2.75. The van der Waals surface area contributed by atoms with Crippen LogP contribution < -0.4 is 5.32 Å². The van der Waals surface area contributed by atoms with Crippen molar-refractivity contribution in [3.05, 3.63) is 47.8 Å². The summed E-state index contributed by atoms with van der Waals surface area (Å²) < 4.78 is 47.2. The lowest BCUT2D eigenvalue weighted by molar-refractivity contribution is -0.140. The van der Waals surface area contributed by atoms with Gasteiger partial charge >= 0.3 is 6.18 Å². The summed E-state index contributed by atoms with van der Waals surface area (Å²) in [7, 11) is 0. The van der Waals surface area contributed by atoms with Gasteiger partial charge in [-0.15, -0.1) is 0 Å². The summed E-state index contributed by atoms with van der Waals surface area (Å²) in [5, 5.41) is 15.5. The number of ether oxygens (including phenoxy) is 1. The van der Waals surface area contributed by atoms with E-state index < -0.39 is 11.9 Å². The van der Waals surface area contributed by atoms with Crippen LogP contribution in [-0.4, -0.2) is 46.1 Å². The van der Waals surface area contributed by atoms with E-state index in [0.29, 0.717) is 30.2 Å². The smallest absolute Gasteiger partial charge is 0.394 e. The van der Waals surface area contributed by atoms with E-state index in [1.165, 1.54) is 4.52 Å². The van der Waals surface area contributed by atoms with Crippen molar-refractivity contribution in [3.8, 4) is 11.1 Å². The molecule has 0 bridgehead atoms. The lowest BCUT2D eigenvalue weighted by atomic mass is 10.1. The maximum Gasteiger partial charge on any atom is 0.435 e. The van der Waals surface area contributed by atoms with Gasteiger partial charge in [-0.05, 0) is 12.5 Å². The molecule has 0 aliphatic heterocycles. The topological polar surface area (TPSA) is 71.7 Å². The largest absolute Gasteiger partial charge is 0.435 e. The van der Waals surface area contributed by atoms with Gasteiger partial charge in [0, 0.05) is 18.3 Å². The first-order valence-electron chi connectivity index (χ1n) is 8.37. The number of hydrogen-bond donors (Lipinski definition) is 2. The molecule has 9 heteroatoms. The van der Waals surface area contributed by atoms with Crippen LogP contribution in [0.5, 0.6) is 0 Å². The van der Waals surface area contributed by atoms with Crippen molar-refractivity contribution in [2.24, 2.45) is 0 Å². The van der Waals surface area contributed by atoms with Crippen LogP contribution in [0, 0.1) is 6.92 Å². The average Bonchev–Trinajstić information content (AvgIpc) is 3.02. The summed E-state index contributed by atoms with van der Waals surface area (Å²) in [5.74, 6) is 0.387. The summed E-state index contributed by atoms with van der Waals surface area (Å²) in [6.45, 7) is 2.46. The lowest BCUT2D eigenvalue weighted by Gasteiger charge is -2.10. The Balaban J connectivity index is 2.08. The minimum absolute atomic E-state index is 0.0496. The van der Waals surface area contributed by atoms with Crippen LogP contribution in [0.4, 0.5) is 19.0 Å². The van der Waals surface area contributed by atoms with Crippen LogP contribution in [0.2, 0.25) is 0 Å². The van der Waals surface area contributed by atoms with Crippen LogP contribution >= 0.6 is 0 Å². The summed E-state index contributed by atoms with van der Waals surface area (Å²) in [6, 6.07) is 9.92. The molecule has 0 saturated heterocycles. The molecule has 0 radical (unpaired) electrons. The Morgan fingerprint density at radius 3 is 2.59 bits per heavy atom. The minimum Gasteiger partial charge on any atom is -0.394 e. The standard InChI is InChI=1S/C18H19F3N4O2/c1-12-11-14(22-7-9-27-10-8-26)25-17(23-12)15(13-5-3-2-4-6-13)16(24-25)18(19,20)21/h2-6,11,22,26H,7-10H2,1H3. The second kappa shape index (κ2) is 7.93. The number of nitrogens with zero attached hydrogens (tertiary/aromatic N) is 3. The highest BCUT2D eigenvalue weighted by atomic mass is 19.4. The van der Waals surface area contributed by atoms with Crippen molar-refractivity contribution >= 4 is 11.5 Å². The fourth-order valence-corrected chi connectivity index (χ4v) is 2.75. The Morgan fingerprint density at radius 2 is 1.93 bits per heavy atom. The zero-order valence-electron chi connectivity index (χ0n) is 14.6. The number of aliphatic hydroxyl groups excluding tert-OH is 1. The van der Waals surface area contributed by atoms with Gasteiger partial charge in [-0.2, -0.15) is 22.8 Å². The molecule has 144 valence electrons. The van der Waals surface area contributed by atoms with Crippen molar-refractivity contribution < 1.29 is 23.0 Å². The van der Waals surface area contributed by atoms with E-state index >= 15 is 0 Å². The number of nitrogens with one attached hydrogen (secondary N) is 1. The van der Waals surface area contributed by atoms with Gasteiger partial charge in [0.05, 0.1) is 25.4 Å². The number of aliphatic hydroxyl groups is 1. The molecule has 2 aromatic heterocycles. The molecule has 3 aromatic rings. The highest BCUT2D eigenvalue weighted by molar-refractivity contribution is 5.81. The lowest BCUT2D eigenvalue weighted by Crippen LogP contribution is -2.14. The van der Waals surface area contributed by atoms with Gasteiger partial charge in [-0.3, -0.25) is 0 Å².